The van der Waals surface area contributed by atoms with Crippen LogP contribution in [0, 0.1) is 0 Å². The summed E-state index contributed by atoms with van der Waals surface area (Å²) in [5, 5.41) is 12.2. The Labute approximate surface area is 139 Å². The van der Waals surface area contributed by atoms with Gasteiger partial charge in [0.1, 0.15) is 5.54 Å². The fourth-order valence-electron chi connectivity index (χ4n) is 2.42. The van der Waals surface area contributed by atoms with E-state index in [0.29, 0.717) is 35.5 Å². The second-order valence-corrected chi connectivity index (χ2v) is 6.96. The Bertz CT molecular complexity index is 607. The van der Waals surface area contributed by atoms with Crippen LogP contribution in [0.2, 0.25) is 0 Å². The number of nitrogens with zero attached hydrogens (tertiary/aromatic N) is 1. The van der Waals surface area contributed by atoms with E-state index in [-0.39, 0.29) is 5.91 Å². The number of hydrogen-bond acceptors (Lipinski definition) is 4. The van der Waals surface area contributed by atoms with E-state index in [1.165, 1.54) is 4.90 Å². The molecule has 6 nitrogen and oxygen atoms in total. The SMILES string of the molecule is CN(C)C(=O)c1ccc(C(=O)NC2(C(=O)O)CCSCC2)cc1. The van der Waals surface area contributed by atoms with Crippen LogP contribution in [0.25, 0.3) is 0 Å². The molecule has 0 aromatic heterocycles. The van der Waals surface area contributed by atoms with Crippen molar-refractivity contribution >= 4 is 29.5 Å². The first-order chi connectivity index (χ1) is 10.9. The summed E-state index contributed by atoms with van der Waals surface area (Å²) in [5.74, 6) is -0.150. The van der Waals surface area contributed by atoms with Gasteiger partial charge in [0.15, 0.2) is 0 Å². The van der Waals surface area contributed by atoms with Gasteiger partial charge < -0.3 is 15.3 Å². The van der Waals surface area contributed by atoms with Crippen LogP contribution in [0.3, 0.4) is 0 Å². The summed E-state index contributed by atoms with van der Waals surface area (Å²) in [4.78, 5) is 37.2. The molecule has 1 saturated heterocycles. The summed E-state index contributed by atoms with van der Waals surface area (Å²) in [6, 6.07) is 6.22. The molecule has 1 aromatic rings. The van der Waals surface area contributed by atoms with Crippen LogP contribution in [0.4, 0.5) is 0 Å². The Kier molecular flexibility index (Phi) is 5.30. The first kappa shape index (κ1) is 17.3. The molecule has 1 fully saturated rings. The lowest BCUT2D eigenvalue weighted by atomic mass is 9.91. The molecule has 0 atom stereocenters. The van der Waals surface area contributed by atoms with E-state index >= 15 is 0 Å². The van der Waals surface area contributed by atoms with Crippen molar-refractivity contribution in [1.82, 2.24) is 10.2 Å². The number of hydrogen-bond donors (Lipinski definition) is 2. The molecule has 7 heteroatoms. The predicted octanol–water partition coefficient (Wildman–Crippen LogP) is 1.47. The van der Waals surface area contributed by atoms with Gasteiger partial charge >= 0.3 is 5.97 Å². The number of carboxylic acid groups (broad SMARTS) is 1. The van der Waals surface area contributed by atoms with Crippen molar-refractivity contribution in [3.8, 4) is 0 Å². The Morgan fingerprint density at radius 1 is 1.09 bits per heavy atom. The van der Waals surface area contributed by atoms with Crippen molar-refractivity contribution in [1.29, 1.82) is 0 Å². The molecule has 0 spiro atoms. The lowest BCUT2D eigenvalue weighted by Gasteiger charge is -2.33. The highest BCUT2D eigenvalue weighted by atomic mass is 32.2. The van der Waals surface area contributed by atoms with Gasteiger partial charge in [-0.1, -0.05) is 0 Å². The Hall–Kier alpha value is -2.02. The van der Waals surface area contributed by atoms with Gasteiger partial charge in [-0.3, -0.25) is 9.59 Å². The summed E-state index contributed by atoms with van der Waals surface area (Å²) in [6.07, 6.45) is 0.825. The first-order valence-corrected chi connectivity index (χ1v) is 8.46. The van der Waals surface area contributed by atoms with Crippen molar-refractivity contribution < 1.29 is 19.5 Å². The second kappa shape index (κ2) is 7.04. The highest BCUT2D eigenvalue weighted by Crippen LogP contribution is 2.27. The third-order valence-corrected chi connectivity index (χ3v) is 4.89. The number of aliphatic carboxylic acids is 1. The van der Waals surface area contributed by atoms with Crippen molar-refractivity contribution in [2.45, 2.75) is 18.4 Å². The monoisotopic (exact) mass is 336 g/mol. The van der Waals surface area contributed by atoms with Gasteiger partial charge in [-0.05, 0) is 48.6 Å². The minimum Gasteiger partial charge on any atom is -0.480 e. The fraction of sp³-hybridized carbons (Fsp3) is 0.438. The zero-order valence-corrected chi connectivity index (χ0v) is 14.0. The minimum absolute atomic E-state index is 0.150. The quantitative estimate of drug-likeness (QED) is 0.869. The van der Waals surface area contributed by atoms with Crippen LogP contribution in [-0.4, -0.2) is 58.9 Å². The highest BCUT2D eigenvalue weighted by Gasteiger charge is 2.41. The maximum absolute atomic E-state index is 12.4. The van der Waals surface area contributed by atoms with Crippen LogP contribution in [0.15, 0.2) is 24.3 Å². The molecule has 23 heavy (non-hydrogen) atoms. The van der Waals surface area contributed by atoms with Crippen molar-refractivity contribution in [2.75, 3.05) is 25.6 Å². The average molecular weight is 336 g/mol. The van der Waals surface area contributed by atoms with Crippen molar-refractivity contribution in [3.63, 3.8) is 0 Å². The molecule has 2 N–H and O–H groups in total. The Morgan fingerprint density at radius 3 is 2.09 bits per heavy atom. The Balaban J connectivity index is 2.13. The molecule has 0 bridgehead atoms. The molecule has 2 rings (SSSR count). The molecule has 1 aromatic carbocycles. The van der Waals surface area contributed by atoms with Gasteiger partial charge in [0.05, 0.1) is 0 Å². The van der Waals surface area contributed by atoms with E-state index in [1.54, 1.807) is 50.1 Å². The average Bonchev–Trinajstić information content (AvgIpc) is 2.55. The molecule has 1 aliphatic rings. The second-order valence-electron chi connectivity index (χ2n) is 5.73. The number of carbonyl (C=O) groups excluding carboxylic acids is 2. The highest BCUT2D eigenvalue weighted by molar-refractivity contribution is 7.99. The van der Waals surface area contributed by atoms with Gasteiger partial charge in [-0.2, -0.15) is 11.8 Å². The van der Waals surface area contributed by atoms with E-state index in [1.807, 2.05) is 0 Å². The van der Waals surface area contributed by atoms with E-state index in [2.05, 4.69) is 5.32 Å². The van der Waals surface area contributed by atoms with Crippen LogP contribution in [0.5, 0.6) is 0 Å². The van der Waals surface area contributed by atoms with Crippen LogP contribution in [-0.2, 0) is 4.79 Å². The third-order valence-electron chi connectivity index (χ3n) is 3.91. The topological polar surface area (TPSA) is 86.7 Å². The van der Waals surface area contributed by atoms with E-state index < -0.39 is 17.4 Å². The Morgan fingerprint density at radius 2 is 1.61 bits per heavy atom. The van der Waals surface area contributed by atoms with E-state index in [0.717, 1.165) is 0 Å². The smallest absolute Gasteiger partial charge is 0.329 e. The summed E-state index contributed by atoms with van der Waals surface area (Å²) in [6.45, 7) is 0. The first-order valence-electron chi connectivity index (χ1n) is 7.31. The maximum atomic E-state index is 12.4. The van der Waals surface area contributed by atoms with Crippen molar-refractivity contribution in [3.05, 3.63) is 35.4 Å². The van der Waals surface area contributed by atoms with E-state index in [4.69, 9.17) is 0 Å². The molecule has 1 heterocycles. The van der Waals surface area contributed by atoms with Gasteiger partial charge in [0, 0.05) is 25.2 Å². The molecule has 0 saturated carbocycles. The van der Waals surface area contributed by atoms with E-state index in [9.17, 15) is 19.5 Å². The van der Waals surface area contributed by atoms with Crippen LogP contribution >= 0.6 is 11.8 Å². The molecule has 2 amide bonds. The summed E-state index contributed by atoms with van der Waals surface area (Å²) >= 11 is 1.69. The molecule has 1 aliphatic heterocycles. The molecular weight excluding hydrogens is 316 g/mol. The zero-order chi connectivity index (χ0) is 17.0. The molecule has 0 radical (unpaired) electrons. The number of carboxylic acids is 1. The summed E-state index contributed by atoms with van der Waals surface area (Å²) in [7, 11) is 3.31. The predicted molar refractivity (Wildman–Crippen MR) is 88.9 cm³/mol. The third kappa shape index (κ3) is 3.85. The number of carbonyl (C=O) groups is 3. The molecule has 0 aliphatic carbocycles. The number of amides is 2. The number of thioether (sulfide) groups is 1. The lowest BCUT2D eigenvalue weighted by molar-refractivity contribution is -0.144. The standard InChI is InChI=1S/C16H20N2O4S/c1-18(2)14(20)12-5-3-11(4-6-12)13(19)17-16(15(21)22)7-9-23-10-8-16/h3-6H,7-10H2,1-2H3,(H,17,19)(H,21,22). The largest absolute Gasteiger partial charge is 0.480 e. The molecule has 124 valence electrons. The molecule has 0 unspecified atom stereocenters. The van der Waals surface area contributed by atoms with Crippen LogP contribution in [0.1, 0.15) is 33.6 Å². The summed E-state index contributed by atoms with van der Waals surface area (Å²) < 4.78 is 0. The van der Waals surface area contributed by atoms with Gasteiger partial charge in [-0.15, -0.1) is 0 Å². The summed E-state index contributed by atoms with van der Waals surface area (Å²) in [5.41, 5.74) is -0.367. The number of benzene rings is 1. The zero-order valence-electron chi connectivity index (χ0n) is 13.2. The van der Waals surface area contributed by atoms with Gasteiger partial charge in [0.25, 0.3) is 11.8 Å². The number of rotatable bonds is 4. The minimum atomic E-state index is -1.19. The lowest BCUT2D eigenvalue weighted by Crippen LogP contribution is -2.56. The maximum Gasteiger partial charge on any atom is 0.329 e. The van der Waals surface area contributed by atoms with Crippen molar-refractivity contribution in [2.24, 2.45) is 0 Å². The normalized spacial score (nSPS) is 16.4. The van der Waals surface area contributed by atoms with Gasteiger partial charge in [-0.25, -0.2) is 4.79 Å². The fourth-order valence-corrected chi connectivity index (χ4v) is 3.61. The molecular formula is C16H20N2O4S. The van der Waals surface area contributed by atoms with Crippen LogP contribution < -0.4 is 5.32 Å². The van der Waals surface area contributed by atoms with Gasteiger partial charge in [0.2, 0.25) is 0 Å². The number of nitrogens with one attached hydrogen (secondary N) is 1.